The van der Waals surface area contributed by atoms with Crippen LogP contribution >= 0.6 is 0 Å². The standard InChI is InChI=1S/C66H47N3O/c1-2-48(20-13-15-43-27-37-62-58(39-43)53-22-10-11-25-60(53)68(62)49-18-7-4-8-19-49)67(50-32-28-45(29-33-50)44-16-5-3-6-17-44)51-34-36-55-54-35-30-47(41-64(54)70-65(55)42-51)46-31-38-63-59(40-46)57-24-14-23-56-52-21-9-12-26-61(52)69(63)66(56)57/h2-19,21-42,48,55,65H,1,20H2. The van der Waals surface area contributed by atoms with E-state index in [4.69, 9.17) is 4.74 Å². The van der Waals surface area contributed by atoms with Crippen LogP contribution in [0.4, 0.5) is 5.69 Å². The molecule has 0 fully saturated rings. The molecule has 0 spiro atoms. The van der Waals surface area contributed by atoms with Crippen LogP contribution < -0.4 is 9.64 Å². The Bertz CT molecular complexity index is 4100. The number of rotatable bonds is 10. The summed E-state index contributed by atoms with van der Waals surface area (Å²) in [6.07, 6.45) is 14.2. The molecule has 70 heavy (non-hydrogen) atoms. The quantitative estimate of drug-likeness (QED) is 0.128. The molecule has 0 bridgehead atoms. The Morgan fingerprint density at radius 2 is 1.16 bits per heavy atom. The maximum Gasteiger partial charge on any atom is 0.130 e. The molecule has 0 amide bonds. The first-order chi connectivity index (χ1) is 34.7. The van der Waals surface area contributed by atoms with Gasteiger partial charge in [-0.1, -0.05) is 164 Å². The number of aromatic nitrogens is 2. The number of hydrogen-bond acceptors (Lipinski definition) is 2. The Balaban J connectivity index is 0.779. The van der Waals surface area contributed by atoms with Crippen molar-refractivity contribution in [2.24, 2.45) is 0 Å². The van der Waals surface area contributed by atoms with Gasteiger partial charge < -0.3 is 18.6 Å². The summed E-state index contributed by atoms with van der Waals surface area (Å²) in [5, 5.41) is 7.65. The molecular weight excluding hydrogens is 851 g/mol. The van der Waals surface area contributed by atoms with E-state index in [1.165, 1.54) is 87.7 Å². The van der Waals surface area contributed by atoms with E-state index in [0.717, 1.165) is 34.8 Å². The third-order valence-corrected chi connectivity index (χ3v) is 14.9. The van der Waals surface area contributed by atoms with E-state index in [9.17, 15) is 0 Å². The van der Waals surface area contributed by atoms with E-state index < -0.39 is 0 Å². The third kappa shape index (κ3) is 6.37. The molecule has 3 unspecified atom stereocenters. The van der Waals surface area contributed by atoms with Crippen molar-refractivity contribution in [3.63, 3.8) is 0 Å². The van der Waals surface area contributed by atoms with Gasteiger partial charge in [0.15, 0.2) is 0 Å². The van der Waals surface area contributed by atoms with Gasteiger partial charge in [-0.25, -0.2) is 0 Å². The average Bonchev–Trinajstić information content (AvgIpc) is 4.16. The Kier molecular flexibility index (Phi) is 9.28. The van der Waals surface area contributed by atoms with Crippen LogP contribution in [-0.4, -0.2) is 21.1 Å². The lowest BCUT2D eigenvalue weighted by atomic mass is 9.89. The van der Waals surface area contributed by atoms with Crippen molar-refractivity contribution in [1.82, 2.24) is 8.97 Å². The Labute approximate surface area is 406 Å². The zero-order valence-corrected chi connectivity index (χ0v) is 38.5. The van der Waals surface area contributed by atoms with Crippen molar-refractivity contribution in [2.75, 3.05) is 4.90 Å². The highest BCUT2D eigenvalue weighted by Crippen LogP contribution is 2.46. The molecule has 3 aromatic heterocycles. The van der Waals surface area contributed by atoms with E-state index in [1.54, 1.807) is 0 Å². The van der Waals surface area contributed by atoms with Crippen LogP contribution in [0.1, 0.15) is 23.5 Å². The predicted octanol–water partition coefficient (Wildman–Crippen LogP) is 16.7. The number of allylic oxidation sites excluding steroid dienone is 1. The third-order valence-electron chi connectivity index (χ3n) is 14.9. The Hall–Kier alpha value is -8.86. The first kappa shape index (κ1) is 40.2. The van der Waals surface area contributed by atoms with E-state index in [-0.39, 0.29) is 18.1 Å². The highest BCUT2D eigenvalue weighted by Gasteiger charge is 2.35. The predicted molar refractivity (Wildman–Crippen MR) is 294 cm³/mol. The van der Waals surface area contributed by atoms with Crippen molar-refractivity contribution in [3.8, 4) is 33.7 Å². The zero-order valence-electron chi connectivity index (χ0n) is 38.5. The molecule has 1 aliphatic heterocycles. The summed E-state index contributed by atoms with van der Waals surface area (Å²) in [6.45, 7) is 4.43. The summed E-state index contributed by atoms with van der Waals surface area (Å²) in [5.74, 6) is 1.07. The monoisotopic (exact) mass is 897 g/mol. The van der Waals surface area contributed by atoms with Crippen LogP contribution in [-0.2, 0) is 0 Å². The molecule has 0 radical (unpaired) electrons. The van der Waals surface area contributed by atoms with Crippen molar-refractivity contribution in [2.45, 2.75) is 24.5 Å². The fourth-order valence-corrected chi connectivity index (χ4v) is 11.6. The van der Waals surface area contributed by atoms with Gasteiger partial charge in [0, 0.05) is 60.9 Å². The molecule has 14 rings (SSSR count). The molecule has 3 atom stereocenters. The van der Waals surface area contributed by atoms with Gasteiger partial charge >= 0.3 is 0 Å². The Morgan fingerprint density at radius 1 is 0.543 bits per heavy atom. The van der Waals surface area contributed by atoms with Crippen molar-refractivity contribution in [3.05, 3.63) is 260 Å². The molecule has 12 aromatic rings. The smallest absolute Gasteiger partial charge is 0.130 e. The van der Waals surface area contributed by atoms with Crippen LogP contribution in [0.3, 0.4) is 0 Å². The second kappa shape index (κ2) is 16.1. The average molecular weight is 898 g/mol. The highest BCUT2D eigenvalue weighted by molar-refractivity contribution is 6.23. The number of fused-ring (bicyclic) bond motifs is 12. The summed E-state index contributed by atoms with van der Waals surface area (Å²) in [7, 11) is 0. The van der Waals surface area contributed by atoms with E-state index in [2.05, 4.69) is 263 Å². The van der Waals surface area contributed by atoms with Gasteiger partial charge in [-0.05, 0) is 113 Å². The molecule has 2 aliphatic rings. The second-order valence-electron chi connectivity index (χ2n) is 18.8. The fraction of sp³-hybridized carbons (Fsp3) is 0.0606. The normalized spacial score (nSPS) is 15.9. The minimum absolute atomic E-state index is 0.0313. The molecule has 9 aromatic carbocycles. The minimum atomic E-state index is -0.140. The topological polar surface area (TPSA) is 21.8 Å². The molecule has 4 heterocycles. The summed E-state index contributed by atoms with van der Waals surface area (Å²) in [4.78, 5) is 2.43. The maximum atomic E-state index is 6.94. The van der Waals surface area contributed by atoms with Gasteiger partial charge in [0.25, 0.3) is 0 Å². The number of para-hydroxylation sites is 4. The van der Waals surface area contributed by atoms with Crippen LogP contribution in [0.2, 0.25) is 0 Å². The first-order valence-electron chi connectivity index (χ1n) is 24.4. The molecule has 4 heteroatoms. The van der Waals surface area contributed by atoms with E-state index >= 15 is 0 Å². The Morgan fingerprint density at radius 3 is 1.97 bits per heavy atom. The largest absolute Gasteiger partial charge is 0.485 e. The van der Waals surface area contributed by atoms with Crippen molar-refractivity contribution >= 4 is 71.7 Å². The number of benzene rings is 9. The SMILES string of the molecule is C=CC(CC=Cc1ccc2c(c1)c1ccccc1n2-c1ccccc1)N(C1=CC2Oc3cc(-c4ccc5c(c4)c4cccc6c7ccccc7n5c64)ccc3C2C=C1)c1ccc(-c2ccccc2)cc1. The lowest BCUT2D eigenvalue weighted by Crippen LogP contribution is -2.34. The molecule has 0 saturated carbocycles. The van der Waals surface area contributed by atoms with E-state index in [0.29, 0.717) is 0 Å². The summed E-state index contributed by atoms with van der Waals surface area (Å²) < 4.78 is 11.7. The molecule has 332 valence electrons. The summed E-state index contributed by atoms with van der Waals surface area (Å²) in [6, 6.07) is 74.8. The zero-order chi connectivity index (χ0) is 46.3. The summed E-state index contributed by atoms with van der Waals surface area (Å²) >= 11 is 0. The highest BCUT2D eigenvalue weighted by atomic mass is 16.5. The molecule has 4 nitrogen and oxygen atoms in total. The lowest BCUT2D eigenvalue weighted by Gasteiger charge is -2.35. The van der Waals surface area contributed by atoms with Crippen LogP contribution in [0, 0.1) is 0 Å². The first-order valence-corrected chi connectivity index (χ1v) is 24.4. The van der Waals surface area contributed by atoms with Crippen LogP contribution in [0.5, 0.6) is 5.75 Å². The van der Waals surface area contributed by atoms with Gasteiger partial charge in [0.1, 0.15) is 11.9 Å². The molecular formula is C66H47N3O. The maximum absolute atomic E-state index is 6.94. The van der Waals surface area contributed by atoms with Crippen molar-refractivity contribution in [1.29, 1.82) is 0 Å². The van der Waals surface area contributed by atoms with Crippen LogP contribution in [0.15, 0.2) is 249 Å². The number of nitrogens with zero attached hydrogens (tertiary/aromatic N) is 3. The van der Waals surface area contributed by atoms with Gasteiger partial charge in [-0.2, -0.15) is 0 Å². The number of ether oxygens (including phenoxy) is 1. The van der Waals surface area contributed by atoms with E-state index in [1.807, 2.05) is 0 Å². The second-order valence-corrected chi connectivity index (χ2v) is 18.8. The van der Waals surface area contributed by atoms with Gasteiger partial charge in [-0.15, -0.1) is 6.58 Å². The number of hydrogen-bond donors (Lipinski definition) is 0. The van der Waals surface area contributed by atoms with Gasteiger partial charge in [-0.3, -0.25) is 0 Å². The molecule has 0 N–H and O–H groups in total. The fourth-order valence-electron chi connectivity index (χ4n) is 11.6. The minimum Gasteiger partial charge on any atom is -0.485 e. The summed E-state index contributed by atoms with van der Waals surface area (Å²) in [5.41, 5.74) is 16.7. The molecule has 1 aliphatic carbocycles. The van der Waals surface area contributed by atoms with Gasteiger partial charge in [0.2, 0.25) is 0 Å². The van der Waals surface area contributed by atoms with Crippen LogP contribution in [0.25, 0.3) is 93.9 Å². The van der Waals surface area contributed by atoms with Crippen molar-refractivity contribution < 1.29 is 4.74 Å². The van der Waals surface area contributed by atoms with Gasteiger partial charge in [0.05, 0.1) is 33.6 Å². The number of anilines is 1. The molecule has 0 saturated heterocycles. The lowest BCUT2D eigenvalue weighted by molar-refractivity contribution is 0.267.